The van der Waals surface area contributed by atoms with Crippen LogP contribution in [0.25, 0.3) is 38.8 Å². The second kappa shape index (κ2) is 9.85. The van der Waals surface area contributed by atoms with Crippen molar-refractivity contribution in [1.82, 2.24) is 14.5 Å². The van der Waals surface area contributed by atoms with E-state index >= 15 is 0 Å². The number of ether oxygens (including phenoxy) is 1. The van der Waals surface area contributed by atoms with Gasteiger partial charge in [-0.1, -0.05) is 42.6 Å². The van der Waals surface area contributed by atoms with Crippen LogP contribution in [0, 0.1) is 12.1 Å². The molecule has 3 heterocycles. The maximum Gasteiger partial charge on any atom is 2.00 e. The average molecular weight is 635 g/mol. The molecular formula is C30H21N3OPt. The van der Waals surface area contributed by atoms with E-state index in [9.17, 15) is 0 Å². The summed E-state index contributed by atoms with van der Waals surface area (Å²) in [5, 5.41) is 2.32. The minimum Gasteiger partial charge on any atom is -0.460 e. The van der Waals surface area contributed by atoms with Crippen LogP contribution in [0.5, 0.6) is 11.6 Å². The number of hydrogen-bond acceptors (Lipinski definition) is 3. The standard InChI is InChI=1S/C30H21N3O.Pt/c1-2-23-10-8-14-29(32-23)33-27-13-4-3-12-25(27)26-17-16-22(20-28(26)33)21-9-7-11-24(19-21)34-30-15-5-6-18-31-30;/h3-18H,2H2,1H3;/q-2;+2. The Hall–Kier alpha value is -3.75. The molecule has 0 aliphatic carbocycles. The van der Waals surface area contributed by atoms with Crippen molar-refractivity contribution < 1.29 is 25.8 Å². The zero-order valence-electron chi connectivity index (χ0n) is 19.0. The molecule has 3 aromatic carbocycles. The normalized spacial score (nSPS) is 10.9. The van der Waals surface area contributed by atoms with E-state index in [1.54, 1.807) is 6.20 Å². The van der Waals surface area contributed by atoms with Gasteiger partial charge in [0.05, 0.1) is 0 Å². The zero-order valence-corrected chi connectivity index (χ0v) is 21.3. The number of para-hydroxylation sites is 1. The van der Waals surface area contributed by atoms with Crippen molar-refractivity contribution in [3.63, 3.8) is 0 Å². The number of fused-ring (bicyclic) bond motifs is 3. The van der Waals surface area contributed by atoms with Gasteiger partial charge in [0.2, 0.25) is 5.88 Å². The number of aromatic nitrogens is 3. The summed E-state index contributed by atoms with van der Waals surface area (Å²) in [5.41, 5.74) is 5.01. The summed E-state index contributed by atoms with van der Waals surface area (Å²) in [4.78, 5) is 9.15. The predicted molar refractivity (Wildman–Crippen MR) is 135 cm³/mol. The molecule has 0 saturated heterocycles. The number of nitrogens with zero attached hydrogens (tertiary/aromatic N) is 3. The first-order valence-corrected chi connectivity index (χ1v) is 11.3. The van der Waals surface area contributed by atoms with Crippen molar-refractivity contribution in [1.29, 1.82) is 0 Å². The van der Waals surface area contributed by atoms with Crippen LogP contribution in [0.4, 0.5) is 0 Å². The Kier molecular flexibility index (Phi) is 6.48. The minimum atomic E-state index is 0. The van der Waals surface area contributed by atoms with Crippen molar-refractivity contribution in [2.75, 3.05) is 0 Å². The van der Waals surface area contributed by atoms with E-state index in [4.69, 9.17) is 9.72 Å². The number of rotatable bonds is 5. The van der Waals surface area contributed by atoms with Crippen LogP contribution >= 0.6 is 0 Å². The SMILES string of the molecule is CCc1cccc(-n2c3[c-]c(-c4[c-]c(Oc5ccccn5)ccc4)ccc3c3ccccc32)n1.[Pt+2]. The van der Waals surface area contributed by atoms with Crippen LogP contribution in [0.15, 0.2) is 97.2 Å². The smallest absolute Gasteiger partial charge is 0.460 e. The van der Waals surface area contributed by atoms with E-state index in [1.165, 1.54) is 5.39 Å². The Bertz CT molecular complexity index is 1630. The minimum absolute atomic E-state index is 0. The molecule has 0 amide bonds. The van der Waals surface area contributed by atoms with Crippen molar-refractivity contribution in [2.45, 2.75) is 13.3 Å². The molecule has 0 N–H and O–H groups in total. The largest absolute Gasteiger partial charge is 2.00 e. The van der Waals surface area contributed by atoms with Gasteiger partial charge in [0.25, 0.3) is 0 Å². The van der Waals surface area contributed by atoms with E-state index in [2.05, 4.69) is 83.2 Å². The Morgan fingerprint density at radius 1 is 0.771 bits per heavy atom. The summed E-state index contributed by atoms with van der Waals surface area (Å²) in [6.07, 6.45) is 2.60. The zero-order chi connectivity index (χ0) is 22.9. The van der Waals surface area contributed by atoms with Gasteiger partial charge >= 0.3 is 21.1 Å². The average Bonchev–Trinajstić information content (AvgIpc) is 3.23. The molecule has 5 heteroatoms. The van der Waals surface area contributed by atoms with Crippen LogP contribution in [-0.4, -0.2) is 14.5 Å². The van der Waals surface area contributed by atoms with Crippen molar-refractivity contribution in [2.24, 2.45) is 0 Å². The molecule has 3 aromatic heterocycles. The Morgan fingerprint density at radius 3 is 2.46 bits per heavy atom. The molecule has 6 aromatic rings. The summed E-state index contributed by atoms with van der Waals surface area (Å²) in [5.74, 6) is 2.05. The molecule has 4 nitrogen and oxygen atoms in total. The fourth-order valence-electron chi connectivity index (χ4n) is 4.26. The van der Waals surface area contributed by atoms with Gasteiger partial charge < -0.3 is 9.30 Å². The summed E-state index contributed by atoms with van der Waals surface area (Å²) in [7, 11) is 0. The van der Waals surface area contributed by atoms with Crippen LogP contribution < -0.4 is 4.74 Å². The van der Waals surface area contributed by atoms with E-state index in [-0.39, 0.29) is 21.1 Å². The number of aryl methyl sites for hydroxylation is 1. The van der Waals surface area contributed by atoms with Gasteiger partial charge in [-0.05, 0) is 41.6 Å². The maximum absolute atomic E-state index is 5.90. The number of benzene rings is 3. The van der Waals surface area contributed by atoms with Crippen molar-refractivity contribution >= 4 is 21.8 Å². The maximum atomic E-state index is 5.90. The third-order valence-corrected chi connectivity index (χ3v) is 5.88. The summed E-state index contributed by atoms with van der Waals surface area (Å²) in [6, 6.07) is 37.3. The van der Waals surface area contributed by atoms with E-state index in [0.29, 0.717) is 11.6 Å². The van der Waals surface area contributed by atoms with Crippen LogP contribution in [0.3, 0.4) is 0 Å². The predicted octanol–water partition coefficient (Wildman–Crippen LogP) is 7.19. The quantitative estimate of drug-likeness (QED) is 0.189. The molecule has 0 unspecified atom stereocenters. The molecule has 0 radical (unpaired) electrons. The molecule has 0 spiro atoms. The molecule has 0 aliphatic heterocycles. The molecule has 172 valence electrons. The summed E-state index contributed by atoms with van der Waals surface area (Å²) < 4.78 is 8.09. The van der Waals surface area contributed by atoms with Gasteiger partial charge in [-0.3, -0.25) is 0 Å². The van der Waals surface area contributed by atoms with Crippen molar-refractivity contribution in [3.05, 3.63) is 115 Å². The molecular weight excluding hydrogens is 613 g/mol. The van der Waals surface area contributed by atoms with Crippen LogP contribution in [-0.2, 0) is 27.5 Å². The molecule has 0 atom stereocenters. The third-order valence-electron chi connectivity index (χ3n) is 5.88. The number of pyridine rings is 2. The first kappa shape index (κ1) is 23.0. The van der Waals surface area contributed by atoms with Gasteiger partial charge in [-0.25, -0.2) is 21.1 Å². The summed E-state index contributed by atoms with van der Waals surface area (Å²) in [6.45, 7) is 2.12. The Morgan fingerprint density at radius 2 is 1.60 bits per heavy atom. The van der Waals surface area contributed by atoms with Crippen LogP contribution in [0.2, 0.25) is 0 Å². The monoisotopic (exact) mass is 634 g/mol. The second-order valence-corrected chi connectivity index (χ2v) is 8.03. The molecule has 6 rings (SSSR count). The molecule has 0 bridgehead atoms. The van der Waals surface area contributed by atoms with Gasteiger partial charge in [0.15, 0.2) is 0 Å². The first-order chi connectivity index (χ1) is 16.8. The van der Waals surface area contributed by atoms with Crippen LogP contribution in [0.1, 0.15) is 12.6 Å². The molecule has 0 fully saturated rings. The molecule has 0 aliphatic rings. The first-order valence-electron chi connectivity index (χ1n) is 11.3. The van der Waals surface area contributed by atoms with E-state index in [1.807, 2.05) is 36.4 Å². The topological polar surface area (TPSA) is 39.9 Å². The van der Waals surface area contributed by atoms with Crippen molar-refractivity contribution in [3.8, 4) is 28.6 Å². The summed E-state index contributed by atoms with van der Waals surface area (Å²) >= 11 is 0. The van der Waals surface area contributed by atoms with Gasteiger partial charge in [0.1, 0.15) is 5.82 Å². The van der Waals surface area contributed by atoms with E-state index in [0.717, 1.165) is 45.5 Å². The molecule has 0 saturated carbocycles. The fraction of sp³-hybridized carbons (Fsp3) is 0.0667. The van der Waals surface area contributed by atoms with Gasteiger partial charge in [-0.15, -0.1) is 18.2 Å². The third kappa shape index (κ3) is 4.38. The van der Waals surface area contributed by atoms with E-state index < -0.39 is 0 Å². The Labute approximate surface area is 218 Å². The Balaban J connectivity index is 0.00000253. The second-order valence-electron chi connectivity index (χ2n) is 8.03. The number of hydrogen-bond donors (Lipinski definition) is 0. The molecule has 35 heavy (non-hydrogen) atoms. The van der Waals surface area contributed by atoms with Gasteiger partial charge in [-0.2, -0.15) is 24.3 Å². The fourth-order valence-corrected chi connectivity index (χ4v) is 4.26. The van der Waals surface area contributed by atoms with Gasteiger partial charge in [0, 0.05) is 29.2 Å².